The van der Waals surface area contributed by atoms with Crippen LogP contribution in [0.4, 0.5) is 0 Å². The van der Waals surface area contributed by atoms with Crippen molar-refractivity contribution in [2.45, 2.75) is 84.0 Å². The van der Waals surface area contributed by atoms with Gasteiger partial charge in [-0.2, -0.15) is 0 Å². The maximum absolute atomic E-state index is 12.1. The highest BCUT2D eigenvalue weighted by Gasteiger charge is 2.21. The molecule has 1 N–H and O–H groups in total. The predicted molar refractivity (Wildman–Crippen MR) is 103 cm³/mol. The third kappa shape index (κ3) is 10.3. The number of unbranched alkanes of at least 4 members (excludes halogenated alkanes) is 11. The first kappa shape index (κ1) is 21.4. The summed E-state index contributed by atoms with van der Waals surface area (Å²) in [6.07, 6.45) is 15.3. The molecule has 0 aromatic heterocycles. The summed E-state index contributed by atoms with van der Waals surface area (Å²) >= 11 is 0. The summed E-state index contributed by atoms with van der Waals surface area (Å²) in [7, 11) is -3.63. The van der Waals surface area contributed by atoms with Gasteiger partial charge in [0.15, 0.2) is 0 Å². The first-order chi connectivity index (χ1) is 11.7. The lowest BCUT2D eigenvalue weighted by molar-refractivity contribution is 0.261. The lowest BCUT2D eigenvalue weighted by Crippen LogP contribution is -2.07. The molecule has 0 spiro atoms. The molecule has 0 saturated heterocycles. The van der Waals surface area contributed by atoms with Gasteiger partial charge in [0.25, 0.3) is 0 Å². The molecule has 1 aromatic carbocycles. The Balaban J connectivity index is 1.91. The van der Waals surface area contributed by atoms with E-state index in [1.165, 1.54) is 64.2 Å². The van der Waals surface area contributed by atoms with Gasteiger partial charge in [0.2, 0.25) is 0 Å². The van der Waals surface area contributed by atoms with Crippen molar-refractivity contribution in [3.8, 4) is 0 Å². The van der Waals surface area contributed by atoms with E-state index in [1.54, 1.807) is 24.3 Å². The Bertz CT molecular complexity index is 447. The molecule has 4 heteroatoms. The lowest BCUT2D eigenvalue weighted by atomic mass is 10.1. The van der Waals surface area contributed by atoms with Crippen molar-refractivity contribution in [2.24, 2.45) is 0 Å². The van der Waals surface area contributed by atoms with Gasteiger partial charge in [-0.1, -0.05) is 95.8 Å². The Morgan fingerprint density at radius 1 is 0.792 bits per heavy atom. The molecule has 1 unspecified atom stereocenters. The molecule has 24 heavy (non-hydrogen) atoms. The van der Waals surface area contributed by atoms with Gasteiger partial charge in [0.05, 0.1) is 11.9 Å². The zero-order valence-corrected chi connectivity index (χ0v) is 16.2. The molecule has 0 aliphatic carbocycles. The van der Waals surface area contributed by atoms with E-state index in [2.05, 4.69) is 6.92 Å². The fourth-order valence-corrected chi connectivity index (χ4v) is 3.90. The van der Waals surface area contributed by atoms with Gasteiger partial charge in [-0.25, -0.2) is 0 Å². The smallest absolute Gasteiger partial charge is 0.321 e. The summed E-state index contributed by atoms with van der Waals surface area (Å²) in [6.45, 7) is 2.62. The summed E-state index contributed by atoms with van der Waals surface area (Å²) in [5, 5.41) is 0.379. The van der Waals surface area contributed by atoms with Crippen molar-refractivity contribution in [3.05, 3.63) is 30.3 Å². The minimum Gasteiger partial charge on any atom is -0.321 e. The fraction of sp³-hybridized carbons (Fsp3) is 0.700. The Labute approximate surface area is 148 Å². The van der Waals surface area contributed by atoms with Crippen LogP contribution in [0.15, 0.2) is 30.3 Å². The van der Waals surface area contributed by atoms with Gasteiger partial charge < -0.3 is 9.42 Å². The molecule has 1 atom stereocenters. The van der Waals surface area contributed by atoms with Crippen molar-refractivity contribution in [3.63, 3.8) is 0 Å². The van der Waals surface area contributed by atoms with Crippen LogP contribution in [0, 0.1) is 0 Å². The molecule has 1 rings (SSSR count). The largest absolute Gasteiger partial charge is 0.358 e. The molecule has 0 aliphatic heterocycles. The maximum atomic E-state index is 12.1. The number of benzene rings is 1. The van der Waals surface area contributed by atoms with Crippen molar-refractivity contribution in [2.75, 3.05) is 6.61 Å². The van der Waals surface area contributed by atoms with E-state index in [9.17, 15) is 9.46 Å². The standard InChI is InChI=1S/C20H35O3P/c1-2-3-4-5-6-7-8-9-10-11-12-16-19-23-24(21,22)20-17-14-13-15-18-20/h13-15,17-18H,2-12,16,19H2,1H3,(H,21,22). The Morgan fingerprint density at radius 3 is 1.75 bits per heavy atom. The van der Waals surface area contributed by atoms with Crippen LogP contribution in [0.25, 0.3) is 0 Å². The molecule has 3 nitrogen and oxygen atoms in total. The zero-order chi connectivity index (χ0) is 17.5. The third-order valence-electron chi connectivity index (χ3n) is 4.35. The van der Waals surface area contributed by atoms with Gasteiger partial charge in [0.1, 0.15) is 0 Å². The Hall–Kier alpha value is -0.630. The summed E-state index contributed by atoms with van der Waals surface area (Å²) in [6, 6.07) is 8.62. The molecule has 0 aliphatic rings. The predicted octanol–water partition coefficient (Wildman–Crippen LogP) is 6.22. The first-order valence-electron chi connectivity index (χ1n) is 9.70. The van der Waals surface area contributed by atoms with Crippen molar-refractivity contribution in [1.82, 2.24) is 0 Å². The average molecular weight is 354 g/mol. The summed E-state index contributed by atoms with van der Waals surface area (Å²) in [5.41, 5.74) is 0. The van der Waals surface area contributed by atoms with Gasteiger partial charge >= 0.3 is 7.60 Å². The second kappa shape index (κ2) is 13.6. The SMILES string of the molecule is CCCCCCCCCCCCCCOP(=O)(O)c1ccccc1. The first-order valence-corrected chi connectivity index (χ1v) is 11.3. The highest BCUT2D eigenvalue weighted by molar-refractivity contribution is 7.61. The Morgan fingerprint density at radius 2 is 1.25 bits per heavy atom. The average Bonchev–Trinajstić information content (AvgIpc) is 2.60. The third-order valence-corrected chi connectivity index (χ3v) is 5.83. The van der Waals surface area contributed by atoms with Crippen molar-refractivity contribution < 1.29 is 14.0 Å². The molecule has 138 valence electrons. The fourth-order valence-electron chi connectivity index (χ4n) is 2.82. The monoisotopic (exact) mass is 354 g/mol. The van der Waals surface area contributed by atoms with E-state index in [0.717, 1.165) is 12.8 Å². The molecule has 0 bridgehead atoms. The molecule has 0 amide bonds. The van der Waals surface area contributed by atoms with Gasteiger partial charge in [-0.05, 0) is 18.6 Å². The minimum atomic E-state index is -3.63. The molecule has 0 heterocycles. The number of hydrogen-bond acceptors (Lipinski definition) is 2. The molecule has 0 saturated carbocycles. The van der Waals surface area contributed by atoms with Crippen molar-refractivity contribution in [1.29, 1.82) is 0 Å². The molecule has 0 fully saturated rings. The van der Waals surface area contributed by atoms with Crippen LogP contribution in [-0.4, -0.2) is 11.5 Å². The van der Waals surface area contributed by atoms with Gasteiger partial charge in [-0.3, -0.25) is 4.57 Å². The number of rotatable bonds is 15. The van der Waals surface area contributed by atoms with Gasteiger partial charge in [0, 0.05) is 0 Å². The van der Waals surface area contributed by atoms with Crippen LogP contribution >= 0.6 is 7.60 Å². The van der Waals surface area contributed by atoms with E-state index < -0.39 is 7.60 Å². The summed E-state index contributed by atoms with van der Waals surface area (Å²) < 4.78 is 17.3. The van der Waals surface area contributed by atoms with Crippen LogP contribution < -0.4 is 5.30 Å². The van der Waals surface area contributed by atoms with E-state index in [-0.39, 0.29) is 0 Å². The molecular weight excluding hydrogens is 319 g/mol. The second-order valence-electron chi connectivity index (χ2n) is 6.58. The van der Waals surface area contributed by atoms with E-state index in [4.69, 9.17) is 4.52 Å². The Kier molecular flexibility index (Phi) is 12.2. The molecular formula is C20H35O3P. The maximum Gasteiger partial charge on any atom is 0.358 e. The topological polar surface area (TPSA) is 46.5 Å². The van der Waals surface area contributed by atoms with Crippen LogP contribution in [0.2, 0.25) is 0 Å². The highest BCUT2D eigenvalue weighted by Crippen LogP contribution is 2.40. The second-order valence-corrected chi connectivity index (χ2v) is 8.39. The molecule has 1 aromatic rings. The summed E-state index contributed by atoms with van der Waals surface area (Å²) in [4.78, 5) is 9.90. The number of hydrogen-bond donors (Lipinski definition) is 1. The van der Waals surface area contributed by atoms with Crippen LogP contribution in [0.5, 0.6) is 0 Å². The van der Waals surface area contributed by atoms with Gasteiger partial charge in [-0.15, -0.1) is 0 Å². The highest BCUT2D eigenvalue weighted by atomic mass is 31.2. The van der Waals surface area contributed by atoms with Crippen LogP contribution in [-0.2, 0) is 9.09 Å². The van der Waals surface area contributed by atoms with E-state index in [0.29, 0.717) is 11.9 Å². The van der Waals surface area contributed by atoms with Crippen LogP contribution in [0.1, 0.15) is 84.0 Å². The normalized spacial score (nSPS) is 13.8. The van der Waals surface area contributed by atoms with E-state index >= 15 is 0 Å². The zero-order valence-electron chi connectivity index (χ0n) is 15.3. The molecule has 0 radical (unpaired) electrons. The quantitative estimate of drug-likeness (QED) is 0.301. The van der Waals surface area contributed by atoms with E-state index in [1.807, 2.05) is 6.07 Å². The lowest BCUT2D eigenvalue weighted by Gasteiger charge is -2.12. The summed E-state index contributed by atoms with van der Waals surface area (Å²) in [5.74, 6) is 0. The van der Waals surface area contributed by atoms with Crippen molar-refractivity contribution >= 4 is 12.9 Å². The minimum absolute atomic E-state index is 0.361. The van der Waals surface area contributed by atoms with Crippen LogP contribution in [0.3, 0.4) is 0 Å².